The zero-order valence-corrected chi connectivity index (χ0v) is 29.7. The van der Waals surface area contributed by atoms with Gasteiger partial charge < -0.3 is 35.5 Å². The molecule has 1 aromatic carbocycles. The number of amides is 4. The minimum absolute atomic E-state index is 0.0257. The Kier molecular flexibility index (Phi) is 19.9. The molecule has 0 bridgehead atoms. The van der Waals surface area contributed by atoms with Crippen LogP contribution in [0.1, 0.15) is 79.2 Å². The van der Waals surface area contributed by atoms with E-state index in [-0.39, 0.29) is 86.3 Å². The lowest BCUT2D eigenvalue weighted by Crippen LogP contribution is -2.46. The summed E-state index contributed by atoms with van der Waals surface area (Å²) in [7, 11) is 1.62. The number of nitrogens with two attached hydrogens (primary N) is 1. The predicted octanol–water partition coefficient (Wildman–Crippen LogP) is 3.55. The van der Waals surface area contributed by atoms with Crippen molar-refractivity contribution in [3.63, 3.8) is 0 Å². The zero-order valence-electron chi connectivity index (χ0n) is 29.7. The molecule has 13 nitrogen and oxygen atoms in total. The fraction of sp³-hybridized carbons (Fsp3) is 0.657. The van der Waals surface area contributed by atoms with Gasteiger partial charge in [-0.25, -0.2) is 4.79 Å². The molecular formula is C35H56N4O9. The predicted molar refractivity (Wildman–Crippen MR) is 182 cm³/mol. The molecule has 0 spiro atoms. The lowest BCUT2D eigenvalue weighted by Gasteiger charge is -2.27. The number of carbonyl (C=O) groups is 6. The largest absolute Gasteiger partial charge is 0.461 e. The Morgan fingerprint density at radius 2 is 1.42 bits per heavy atom. The SMILES string of the molecule is CC(C)C(=O)CCOCCOCCC(=O)N[C@H](C(=O)C[C@@H](CCCNC(N)=O)C(=O)N(C)c1ccc(COC(=O)C(C)C)cc1)C(C)C. The number of nitrogens with zero attached hydrogens (tertiary/aromatic N) is 1. The molecule has 0 aromatic heterocycles. The molecule has 2 atom stereocenters. The summed E-state index contributed by atoms with van der Waals surface area (Å²) in [5, 5.41) is 5.30. The molecule has 0 saturated carbocycles. The lowest BCUT2D eigenvalue weighted by atomic mass is 9.89. The Bertz CT molecular complexity index is 1190. The van der Waals surface area contributed by atoms with E-state index in [4.69, 9.17) is 19.9 Å². The Labute approximate surface area is 285 Å². The summed E-state index contributed by atoms with van der Waals surface area (Å²) in [6, 6.07) is 5.52. The van der Waals surface area contributed by atoms with Crippen molar-refractivity contribution in [1.82, 2.24) is 10.6 Å². The van der Waals surface area contributed by atoms with Crippen molar-refractivity contribution in [3.8, 4) is 0 Å². The van der Waals surface area contributed by atoms with Gasteiger partial charge in [0.05, 0.1) is 38.4 Å². The molecule has 270 valence electrons. The highest BCUT2D eigenvalue weighted by Gasteiger charge is 2.31. The van der Waals surface area contributed by atoms with Crippen LogP contribution in [0.3, 0.4) is 0 Å². The molecule has 1 rings (SSSR count). The lowest BCUT2D eigenvalue weighted by molar-refractivity contribution is -0.148. The van der Waals surface area contributed by atoms with Gasteiger partial charge in [0.2, 0.25) is 11.8 Å². The van der Waals surface area contributed by atoms with Crippen molar-refractivity contribution in [2.75, 3.05) is 44.9 Å². The van der Waals surface area contributed by atoms with Crippen LogP contribution >= 0.6 is 0 Å². The summed E-state index contributed by atoms with van der Waals surface area (Å²) in [5.74, 6) is -2.30. The third-order valence-corrected chi connectivity index (χ3v) is 7.64. The van der Waals surface area contributed by atoms with Gasteiger partial charge in [-0.05, 0) is 36.5 Å². The van der Waals surface area contributed by atoms with Gasteiger partial charge in [0.25, 0.3) is 0 Å². The number of hydrogen-bond donors (Lipinski definition) is 3. The first kappa shape index (κ1) is 42.2. The van der Waals surface area contributed by atoms with Crippen LogP contribution in [-0.4, -0.2) is 81.4 Å². The molecule has 0 heterocycles. The van der Waals surface area contributed by atoms with Gasteiger partial charge in [0.15, 0.2) is 5.78 Å². The number of urea groups is 1. The van der Waals surface area contributed by atoms with Gasteiger partial charge in [-0.15, -0.1) is 0 Å². The van der Waals surface area contributed by atoms with Crippen LogP contribution in [0.4, 0.5) is 10.5 Å². The Morgan fingerprint density at radius 1 is 0.812 bits per heavy atom. The molecular weight excluding hydrogens is 620 g/mol. The first-order chi connectivity index (χ1) is 22.6. The van der Waals surface area contributed by atoms with Crippen LogP contribution in [0.25, 0.3) is 0 Å². The number of primary amides is 1. The number of nitrogens with one attached hydrogen (secondary N) is 2. The minimum atomic E-state index is -0.809. The molecule has 0 radical (unpaired) electrons. The number of anilines is 1. The summed E-state index contributed by atoms with van der Waals surface area (Å²) in [5.41, 5.74) is 6.53. The molecule has 0 aliphatic heterocycles. The van der Waals surface area contributed by atoms with Gasteiger partial charge in [0.1, 0.15) is 12.4 Å². The normalized spacial score (nSPS) is 12.5. The van der Waals surface area contributed by atoms with Crippen LogP contribution in [0, 0.1) is 23.7 Å². The number of hydrogen-bond acceptors (Lipinski definition) is 9. The van der Waals surface area contributed by atoms with Crippen LogP contribution in [0.15, 0.2) is 24.3 Å². The number of carbonyl (C=O) groups excluding carboxylic acids is 6. The van der Waals surface area contributed by atoms with E-state index >= 15 is 0 Å². The monoisotopic (exact) mass is 676 g/mol. The molecule has 48 heavy (non-hydrogen) atoms. The second-order valence-electron chi connectivity index (χ2n) is 12.8. The second kappa shape index (κ2) is 22.7. The topological polar surface area (TPSA) is 183 Å². The van der Waals surface area contributed by atoms with Crippen molar-refractivity contribution < 1.29 is 43.0 Å². The Balaban J connectivity index is 2.78. The molecule has 0 saturated heterocycles. The molecule has 4 amide bonds. The highest BCUT2D eigenvalue weighted by molar-refractivity contribution is 5.98. The number of rotatable bonds is 24. The van der Waals surface area contributed by atoms with E-state index < -0.39 is 18.0 Å². The zero-order chi connectivity index (χ0) is 36.2. The molecule has 0 aliphatic carbocycles. The summed E-state index contributed by atoms with van der Waals surface area (Å²) in [6.07, 6.45) is 0.995. The van der Waals surface area contributed by atoms with Crippen molar-refractivity contribution >= 4 is 41.1 Å². The van der Waals surface area contributed by atoms with Gasteiger partial charge in [0, 0.05) is 50.4 Å². The maximum Gasteiger partial charge on any atom is 0.312 e. The molecule has 4 N–H and O–H groups in total. The number of benzene rings is 1. The fourth-order valence-electron chi connectivity index (χ4n) is 4.59. The maximum absolute atomic E-state index is 13.7. The van der Waals surface area contributed by atoms with Gasteiger partial charge in [-0.2, -0.15) is 0 Å². The summed E-state index contributed by atoms with van der Waals surface area (Å²) in [4.78, 5) is 76.0. The average Bonchev–Trinajstić information content (AvgIpc) is 3.03. The van der Waals surface area contributed by atoms with Crippen molar-refractivity contribution in [3.05, 3.63) is 29.8 Å². The molecule has 13 heteroatoms. The molecule has 0 fully saturated rings. The number of ketones is 2. The van der Waals surface area contributed by atoms with E-state index in [0.717, 1.165) is 5.56 Å². The molecule has 0 unspecified atom stereocenters. The summed E-state index contributed by atoms with van der Waals surface area (Å²) < 4.78 is 16.1. The fourth-order valence-corrected chi connectivity index (χ4v) is 4.59. The molecule has 0 aliphatic rings. The van der Waals surface area contributed by atoms with Gasteiger partial charge in [-0.1, -0.05) is 53.7 Å². The van der Waals surface area contributed by atoms with E-state index in [0.29, 0.717) is 38.2 Å². The molecule has 1 aromatic rings. The number of esters is 1. The third kappa shape index (κ3) is 16.8. The Morgan fingerprint density at radius 3 is 1.96 bits per heavy atom. The smallest absolute Gasteiger partial charge is 0.312 e. The van der Waals surface area contributed by atoms with Crippen LogP contribution in [-0.2, 0) is 44.8 Å². The van der Waals surface area contributed by atoms with Gasteiger partial charge >= 0.3 is 12.0 Å². The average molecular weight is 677 g/mol. The van der Waals surface area contributed by atoms with Crippen LogP contribution in [0.5, 0.6) is 0 Å². The maximum atomic E-state index is 13.7. The minimum Gasteiger partial charge on any atom is -0.461 e. The van der Waals surface area contributed by atoms with Crippen LogP contribution in [0.2, 0.25) is 0 Å². The number of ether oxygens (including phenoxy) is 3. The van der Waals surface area contributed by atoms with E-state index in [2.05, 4.69) is 10.6 Å². The highest BCUT2D eigenvalue weighted by Crippen LogP contribution is 2.23. The Hall–Kier alpha value is -3.84. The van der Waals surface area contributed by atoms with E-state index in [9.17, 15) is 28.8 Å². The first-order valence-corrected chi connectivity index (χ1v) is 16.7. The van der Waals surface area contributed by atoms with Crippen LogP contribution < -0.4 is 21.3 Å². The quantitative estimate of drug-likeness (QED) is 0.109. The van der Waals surface area contributed by atoms with Crippen molar-refractivity contribution in [1.29, 1.82) is 0 Å². The highest BCUT2D eigenvalue weighted by atomic mass is 16.5. The summed E-state index contributed by atoms with van der Waals surface area (Å²) in [6.45, 7) is 12.2. The van der Waals surface area contributed by atoms with E-state index in [1.807, 2.05) is 27.7 Å². The van der Waals surface area contributed by atoms with Crippen molar-refractivity contribution in [2.24, 2.45) is 29.4 Å². The third-order valence-electron chi connectivity index (χ3n) is 7.64. The van der Waals surface area contributed by atoms with E-state index in [1.165, 1.54) is 4.90 Å². The second-order valence-corrected chi connectivity index (χ2v) is 12.8. The number of Topliss-reactive ketones (excluding diaryl/α,β-unsaturated/α-hetero) is 2. The first-order valence-electron chi connectivity index (χ1n) is 16.7. The van der Waals surface area contributed by atoms with E-state index in [1.54, 1.807) is 45.2 Å². The standard InChI is InChI=1S/C35H56N4O9/c1-23(2)29(40)14-17-46-19-20-47-18-15-31(42)38-32(24(3)4)30(41)21-27(9-8-16-37-35(36)45)33(43)39(7)28-12-10-26(11-13-28)22-48-34(44)25(5)6/h10-13,23-25,27,32H,8-9,14-22H2,1-7H3,(H,38,42)(H3,36,37,45)/t27-,32+/m1/s1. The van der Waals surface area contributed by atoms with Crippen molar-refractivity contribution in [2.45, 2.75) is 86.3 Å². The van der Waals surface area contributed by atoms with Gasteiger partial charge in [-0.3, -0.25) is 24.0 Å². The summed E-state index contributed by atoms with van der Waals surface area (Å²) >= 11 is 0.